The number of phenols is 1. The number of ether oxygens (including phenoxy) is 1. The molecule has 0 unspecified atom stereocenters. The van der Waals surface area contributed by atoms with E-state index in [2.05, 4.69) is 0 Å². The van der Waals surface area contributed by atoms with E-state index >= 15 is 0 Å². The Kier molecular flexibility index (Phi) is 3.54. The van der Waals surface area contributed by atoms with Crippen LogP contribution < -0.4 is 10.4 Å². The molecule has 0 atom stereocenters. The molecule has 1 aliphatic rings. The van der Waals surface area contributed by atoms with Gasteiger partial charge in [-0.25, -0.2) is 4.79 Å². The molecule has 0 saturated carbocycles. The number of aromatic hydroxyl groups is 1. The van der Waals surface area contributed by atoms with E-state index in [4.69, 9.17) is 17.0 Å². The number of carbonyl (C=O) groups is 1. The Labute approximate surface area is 133 Å². The van der Waals surface area contributed by atoms with Crippen LogP contribution in [-0.4, -0.2) is 23.1 Å². The Morgan fingerprint density at radius 1 is 1.18 bits per heavy atom. The summed E-state index contributed by atoms with van der Waals surface area (Å²) in [5.74, 6) is -0.331. The van der Waals surface area contributed by atoms with Crippen LogP contribution in [0.15, 0.2) is 36.4 Å². The van der Waals surface area contributed by atoms with Crippen molar-refractivity contribution in [2.75, 3.05) is 7.11 Å². The van der Waals surface area contributed by atoms with Crippen molar-refractivity contribution in [3.05, 3.63) is 63.5 Å². The number of aryl methyl sites for hydroxylation is 1. The van der Waals surface area contributed by atoms with Crippen molar-refractivity contribution in [1.82, 2.24) is 0 Å². The standard InChI is InChI=1S/C18H14O3S/c1-10-5-3-4-6-12(10)17(22)15-8-11-7-14(18(20)21-2)13(11)9-16(15)19/h3-9,19H,1-2H3. The summed E-state index contributed by atoms with van der Waals surface area (Å²) in [6.07, 6.45) is 1.74. The van der Waals surface area contributed by atoms with Crippen LogP contribution in [0.25, 0.3) is 11.6 Å². The minimum absolute atomic E-state index is 0.0708. The molecule has 1 N–H and O–H groups in total. The quantitative estimate of drug-likeness (QED) is 0.531. The molecule has 3 rings (SSSR count). The molecule has 0 aliphatic heterocycles. The molecule has 0 aromatic heterocycles. The van der Waals surface area contributed by atoms with E-state index in [-0.39, 0.29) is 5.75 Å². The van der Waals surface area contributed by atoms with Gasteiger partial charge in [0.15, 0.2) is 0 Å². The first kappa shape index (κ1) is 14.5. The van der Waals surface area contributed by atoms with Crippen molar-refractivity contribution < 1.29 is 14.6 Å². The summed E-state index contributed by atoms with van der Waals surface area (Å²) in [4.78, 5) is 12.2. The highest BCUT2D eigenvalue weighted by Crippen LogP contribution is 2.21. The van der Waals surface area contributed by atoms with Gasteiger partial charge in [0.25, 0.3) is 0 Å². The number of carbonyl (C=O) groups excluding carboxylic acids is 1. The van der Waals surface area contributed by atoms with E-state index in [1.165, 1.54) is 7.11 Å². The van der Waals surface area contributed by atoms with E-state index in [1.807, 2.05) is 37.3 Å². The number of esters is 1. The third kappa shape index (κ3) is 2.22. The molecule has 2 aromatic carbocycles. The molecule has 0 saturated heterocycles. The number of phenolic OH excluding ortho intramolecular Hbond substituents is 1. The van der Waals surface area contributed by atoms with Crippen molar-refractivity contribution in [2.24, 2.45) is 0 Å². The fourth-order valence-electron chi connectivity index (χ4n) is 2.55. The van der Waals surface area contributed by atoms with Gasteiger partial charge in [0.05, 0.1) is 17.5 Å². The third-order valence-corrected chi connectivity index (χ3v) is 4.24. The van der Waals surface area contributed by atoms with Gasteiger partial charge >= 0.3 is 5.97 Å². The molecular weight excluding hydrogens is 296 g/mol. The second-order valence-corrected chi connectivity index (χ2v) is 5.56. The number of thiocarbonyl (C=S) groups is 1. The number of benzene rings is 2. The van der Waals surface area contributed by atoms with Crippen LogP contribution in [0.5, 0.6) is 5.75 Å². The lowest BCUT2D eigenvalue weighted by Crippen LogP contribution is -2.38. The Morgan fingerprint density at radius 2 is 1.91 bits per heavy atom. The number of hydrogen-bond acceptors (Lipinski definition) is 4. The topological polar surface area (TPSA) is 46.5 Å². The zero-order chi connectivity index (χ0) is 15.9. The van der Waals surface area contributed by atoms with E-state index in [1.54, 1.807) is 12.1 Å². The monoisotopic (exact) mass is 310 g/mol. The third-order valence-electron chi connectivity index (χ3n) is 3.80. The molecule has 22 heavy (non-hydrogen) atoms. The smallest absolute Gasteiger partial charge is 0.338 e. The van der Waals surface area contributed by atoms with Gasteiger partial charge in [-0.05, 0) is 46.7 Å². The van der Waals surface area contributed by atoms with Crippen LogP contribution in [0.2, 0.25) is 0 Å². The van der Waals surface area contributed by atoms with Crippen LogP contribution in [-0.2, 0) is 9.53 Å². The molecule has 0 radical (unpaired) electrons. The first-order valence-electron chi connectivity index (χ1n) is 6.80. The molecule has 3 nitrogen and oxygen atoms in total. The maximum atomic E-state index is 11.6. The van der Waals surface area contributed by atoms with E-state index in [0.717, 1.165) is 16.3 Å². The molecule has 0 bridgehead atoms. The van der Waals surface area contributed by atoms with Gasteiger partial charge in [-0.3, -0.25) is 0 Å². The number of methoxy groups -OCH3 is 1. The number of rotatable bonds is 3. The van der Waals surface area contributed by atoms with Crippen molar-refractivity contribution >= 4 is 34.7 Å². The second kappa shape index (κ2) is 5.39. The molecule has 1 aliphatic carbocycles. The normalized spacial score (nSPS) is 12.0. The van der Waals surface area contributed by atoms with Crippen LogP contribution in [0.3, 0.4) is 0 Å². The van der Waals surface area contributed by atoms with Crippen molar-refractivity contribution in [2.45, 2.75) is 6.92 Å². The lowest BCUT2D eigenvalue weighted by atomic mass is 9.94. The lowest BCUT2D eigenvalue weighted by molar-refractivity contribution is -0.133. The highest BCUT2D eigenvalue weighted by Gasteiger charge is 2.19. The highest BCUT2D eigenvalue weighted by atomic mass is 32.1. The van der Waals surface area contributed by atoms with E-state index in [0.29, 0.717) is 21.2 Å². The van der Waals surface area contributed by atoms with Crippen molar-refractivity contribution in [3.8, 4) is 5.75 Å². The van der Waals surface area contributed by atoms with Gasteiger partial charge in [-0.1, -0.05) is 36.5 Å². The number of hydrogen-bond donors (Lipinski definition) is 1. The molecule has 2 aromatic rings. The zero-order valence-electron chi connectivity index (χ0n) is 12.2. The van der Waals surface area contributed by atoms with E-state index in [9.17, 15) is 9.90 Å². The molecule has 4 heteroatoms. The molecule has 110 valence electrons. The summed E-state index contributed by atoms with van der Waals surface area (Å²) >= 11 is 5.52. The average molecular weight is 310 g/mol. The van der Waals surface area contributed by atoms with Gasteiger partial charge in [-0.15, -0.1) is 0 Å². The van der Waals surface area contributed by atoms with Gasteiger partial charge in [-0.2, -0.15) is 0 Å². The second-order valence-electron chi connectivity index (χ2n) is 5.15. The molecular formula is C18H14O3S. The molecule has 0 heterocycles. The fraction of sp³-hybridized carbons (Fsp3) is 0.111. The average Bonchev–Trinajstić information content (AvgIpc) is 2.50. The summed E-state index contributed by atoms with van der Waals surface area (Å²) in [6, 6.07) is 11.2. The van der Waals surface area contributed by atoms with Crippen molar-refractivity contribution in [1.29, 1.82) is 0 Å². The van der Waals surface area contributed by atoms with Gasteiger partial charge in [0.1, 0.15) is 5.75 Å². The first-order valence-corrected chi connectivity index (χ1v) is 7.21. The minimum atomic E-state index is -0.402. The summed E-state index contributed by atoms with van der Waals surface area (Å²) < 4.78 is 4.70. The van der Waals surface area contributed by atoms with Gasteiger partial charge < -0.3 is 9.84 Å². The highest BCUT2D eigenvalue weighted by molar-refractivity contribution is 7.81. The largest absolute Gasteiger partial charge is 0.507 e. The maximum Gasteiger partial charge on any atom is 0.338 e. The maximum absolute atomic E-state index is 11.6. The minimum Gasteiger partial charge on any atom is -0.507 e. The molecule has 0 spiro atoms. The van der Waals surface area contributed by atoms with Crippen LogP contribution in [0, 0.1) is 6.92 Å². The SMILES string of the molecule is COC(=O)C1=c2cc(O)c(C(=S)c3ccccc3C)cc2=C1. The summed E-state index contributed by atoms with van der Waals surface area (Å²) in [5, 5.41) is 11.9. The Hall–Kier alpha value is -2.46. The Morgan fingerprint density at radius 3 is 2.59 bits per heavy atom. The summed E-state index contributed by atoms with van der Waals surface area (Å²) in [6.45, 7) is 1.98. The first-order chi connectivity index (χ1) is 10.5. The summed E-state index contributed by atoms with van der Waals surface area (Å²) in [7, 11) is 1.34. The van der Waals surface area contributed by atoms with Gasteiger partial charge in [0, 0.05) is 5.56 Å². The predicted molar refractivity (Wildman–Crippen MR) is 89.2 cm³/mol. The zero-order valence-corrected chi connectivity index (χ0v) is 13.0. The Bertz CT molecular complexity index is 926. The molecule has 0 fully saturated rings. The van der Waals surface area contributed by atoms with Crippen molar-refractivity contribution in [3.63, 3.8) is 0 Å². The van der Waals surface area contributed by atoms with Crippen LogP contribution in [0.4, 0.5) is 0 Å². The molecule has 0 amide bonds. The summed E-state index contributed by atoms with van der Waals surface area (Å²) in [5.41, 5.74) is 3.05. The predicted octanol–water partition coefficient (Wildman–Crippen LogP) is 1.58. The van der Waals surface area contributed by atoms with Crippen LogP contribution >= 0.6 is 12.2 Å². The Balaban J connectivity index is 2.09. The fourth-order valence-corrected chi connectivity index (χ4v) is 2.94. The lowest BCUT2D eigenvalue weighted by Gasteiger charge is -2.14. The number of fused-ring (bicyclic) bond motifs is 1. The van der Waals surface area contributed by atoms with Crippen LogP contribution in [0.1, 0.15) is 16.7 Å². The van der Waals surface area contributed by atoms with Gasteiger partial charge in [0.2, 0.25) is 0 Å². The van der Waals surface area contributed by atoms with E-state index < -0.39 is 5.97 Å².